The number of hydrogen-bond acceptors (Lipinski definition) is 1. The first-order valence-electron chi connectivity index (χ1n) is 7.07. The van der Waals surface area contributed by atoms with Crippen LogP contribution in [0.1, 0.15) is 22.8 Å². The number of rotatable bonds is 2. The Hall–Kier alpha value is -2.62. The molecule has 116 valence electrons. The third-order valence-electron chi connectivity index (χ3n) is 3.77. The number of carbonyl (C=O) groups is 1. The third-order valence-corrected chi connectivity index (χ3v) is 3.77. The van der Waals surface area contributed by atoms with Crippen molar-refractivity contribution in [3.05, 3.63) is 71.8 Å². The fourth-order valence-corrected chi connectivity index (χ4v) is 2.62. The molecule has 0 unspecified atom stereocenters. The van der Waals surface area contributed by atoms with Gasteiger partial charge < -0.3 is 0 Å². The van der Waals surface area contributed by atoms with Crippen LogP contribution in [0.2, 0.25) is 0 Å². The van der Waals surface area contributed by atoms with Crippen LogP contribution < -0.4 is 0 Å². The molecule has 0 bridgehead atoms. The Morgan fingerprint density at radius 2 is 1.65 bits per heavy atom. The lowest BCUT2D eigenvalue weighted by molar-refractivity contribution is -0.137. The second kappa shape index (κ2) is 5.54. The van der Waals surface area contributed by atoms with Crippen molar-refractivity contribution in [2.75, 3.05) is 0 Å². The van der Waals surface area contributed by atoms with Crippen LogP contribution in [-0.2, 0) is 6.18 Å². The molecule has 0 aliphatic heterocycles. The zero-order chi connectivity index (χ0) is 16.6. The molecule has 23 heavy (non-hydrogen) atoms. The van der Waals surface area contributed by atoms with Crippen LogP contribution in [0.25, 0.3) is 21.9 Å². The number of alkyl halides is 3. The first-order chi connectivity index (χ1) is 10.9. The third kappa shape index (κ3) is 2.97. The predicted octanol–water partition coefficient (Wildman–Crippen LogP) is 5.73. The van der Waals surface area contributed by atoms with Crippen molar-refractivity contribution in [1.29, 1.82) is 0 Å². The molecule has 0 spiro atoms. The molecule has 3 aromatic rings. The summed E-state index contributed by atoms with van der Waals surface area (Å²) in [5, 5.41) is 1.64. The summed E-state index contributed by atoms with van der Waals surface area (Å²) in [5.74, 6) is -0.121. The van der Waals surface area contributed by atoms with Gasteiger partial charge in [-0.25, -0.2) is 0 Å². The van der Waals surface area contributed by atoms with E-state index in [9.17, 15) is 18.0 Å². The Morgan fingerprint density at radius 1 is 0.913 bits per heavy atom. The van der Waals surface area contributed by atoms with Gasteiger partial charge in [0.1, 0.15) is 0 Å². The van der Waals surface area contributed by atoms with Crippen LogP contribution in [0.15, 0.2) is 60.7 Å². The van der Waals surface area contributed by atoms with Gasteiger partial charge in [0, 0.05) is 5.56 Å². The van der Waals surface area contributed by atoms with Crippen LogP contribution in [0.3, 0.4) is 0 Å². The van der Waals surface area contributed by atoms with Gasteiger partial charge in [-0.3, -0.25) is 4.79 Å². The first kappa shape index (κ1) is 15.3. The summed E-state index contributed by atoms with van der Waals surface area (Å²) in [5.41, 5.74) is 0.849. The number of hydrogen-bond donors (Lipinski definition) is 0. The minimum absolute atomic E-state index is 0.121. The second-order valence-corrected chi connectivity index (χ2v) is 5.38. The van der Waals surface area contributed by atoms with E-state index >= 15 is 0 Å². The lowest BCUT2D eigenvalue weighted by Crippen LogP contribution is -2.04. The van der Waals surface area contributed by atoms with E-state index in [-0.39, 0.29) is 5.78 Å². The highest BCUT2D eigenvalue weighted by atomic mass is 19.4. The van der Waals surface area contributed by atoms with Gasteiger partial charge in [-0.15, -0.1) is 0 Å². The van der Waals surface area contributed by atoms with Crippen molar-refractivity contribution in [3.8, 4) is 11.1 Å². The highest BCUT2D eigenvalue weighted by Gasteiger charge is 2.30. The Bertz CT molecular complexity index is 895. The molecule has 0 saturated heterocycles. The van der Waals surface area contributed by atoms with Crippen LogP contribution in [0.5, 0.6) is 0 Å². The van der Waals surface area contributed by atoms with E-state index in [1.54, 1.807) is 18.2 Å². The fraction of sp³-hybridized carbons (Fsp3) is 0.105. The maximum atomic E-state index is 13.0. The summed E-state index contributed by atoms with van der Waals surface area (Å²) in [6, 6.07) is 15.9. The second-order valence-electron chi connectivity index (χ2n) is 5.38. The minimum atomic E-state index is -4.40. The fourth-order valence-electron chi connectivity index (χ4n) is 2.62. The summed E-state index contributed by atoms with van der Waals surface area (Å²) in [6.07, 6.45) is -4.40. The summed E-state index contributed by atoms with van der Waals surface area (Å²) in [6.45, 7) is 1.44. The van der Waals surface area contributed by atoms with Crippen LogP contribution in [0, 0.1) is 0 Å². The SMILES string of the molecule is CC(=O)c1cc(-c2cccc(C(F)(F)F)c2)c2ccccc2c1. The number of benzene rings is 3. The molecule has 3 rings (SSSR count). The normalized spacial score (nSPS) is 11.7. The first-order valence-corrected chi connectivity index (χ1v) is 7.07. The Kier molecular flexibility index (Phi) is 3.68. The van der Waals surface area contributed by atoms with Gasteiger partial charge in [-0.2, -0.15) is 13.2 Å². The average Bonchev–Trinajstić information content (AvgIpc) is 2.53. The standard InChI is InChI=1S/C19H13F3O/c1-12(23)15-9-13-5-2-3-8-17(13)18(11-15)14-6-4-7-16(10-14)19(20,21)22/h2-11H,1H3. The molecule has 0 amide bonds. The molecule has 0 saturated carbocycles. The van der Waals surface area contributed by atoms with Crippen LogP contribution in [-0.4, -0.2) is 5.78 Å². The van der Waals surface area contributed by atoms with Crippen molar-refractivity contribution in [1.82, 2.24) is 0 Å². The molecular weight excluding hydrogens is 301 g/mol. The predicted molar refractivity (Wildman–Crippen MR) is 84.4 cm³/mol. The Labute approximate surface area is 131 Å². The summed E-state index contributed by atoms with van der Waals surface area (Å²) in [4.78, 5) is 11.7. The zero-order valence-corrected chi connectivity index (χ0v) is 12.3. The highest BCUT2D eigenvalue weighted by molar-refractivity contribution is 6.04. The van der Waals surface area contributed by atoms with Gasteiger partial charge in [0.2, 0.25) is 0 Å². The highest BCUT2D eigenvalue weighted by Crippen LogP contribution is 2.35. The Morgan fingerprint density at radius 3 is 2.35 bits per heavy atom. The molecule has 0 atom stereocenters. The molecule has 0 aliphatic rings. The number of halogens is 3. The molecule has 0 aromatic heterocycles. The molecule has 0 heterocycles. The zero-order valence-electron chi connectivity index (χ0n) is 12.3. The summed E-state index contributed by atoms with van der Waals surface area (Å²) in [7, 11) is 0. The average molecular weight is 314 g/mol. The number of carbonyl (C=O) groups excluding carboxylic acids is 1. The maximum absolute atomic E-state index is 13.0. The minimum Gasteiger partial charge on any atom is -0.295 e. The van der Waals surface area contributed by atoms with Crippen molar-refractivity contribution in [2.24, 2.45) is 0 Å². The molecule has 0 aliphatic carbocycles. The van der Waals surface area contributed by atoms with Crippen LogP contribution >= 0.6 is 0 Å². The number of ketones is 1. The van der Waals surface area contributed by atoms with Crippen molar-refractivity contribution in [3.63, 3.8) is 0 Å². The molecule has 4 heteroatoms. The van der Waals surface area contributed by atoms with Gasteiger partial charge in [0.15, 0.2) is 5.78 Å². The summed E-state index contributed by atoms with van der Waals surface area (Å²) < 4.78 is 38.9. The smallest absolute Gasteiger partial charge is 0.295 e. The molecular formula is C19H13F3O. The lowest BCUT2D eigenvalue weighted by atomic mass is 9.93. The quantitative estimate of drug-likeness (QED) is 0.552. The topological polar surface area (TPSA) is 17.1 Å². The Balaban J connectivity index is 2.29. The van der Waals surface area contributed by atoms with Gasteiger partial charge in [-0.1, -0.05) is 36.4 Å². The van der Waals surface area contributed by atoms with E-state index in [4.69, 9.17) is 0 Å². The van der Waals surface area contributed by atoms with E-state index in [1.165, 1.54) is 13.0 Å². The molecule has 1 nitrogen and oxygen atoms in total. The van der Waals surface area contributed by atoms with E-state index in [0.717, 1.165) is 22.9 Å². The largest absolute Gasteiger partial charge is 0.416 e. The monoisotopic (exact) mass is 314 g/mol. The molecule has 0 fully saturated rings. The van der Waals surface area contributed by atoms with Gasteiger partial charge in [0.05, 0.1) is 5.56 Å². The van der Waals surface area contributed by atoms with Gasteiger partial charge in [-0.05, 0) is 53.1 Å². The van der Waals surface area contributed by atoms with Crippen molar-refractivity contribution >= 4 is 16.6 Å². The molecule has 0 N–H and O–H groups in total. The van der Waals surface area contributed by atoms with Gasteiger partial charge >= 0.3 is 6.18 Å². The van der Waals surface area contributed by atoms with E-state index in [2.05, 4.69) is 0 Å². The summed E-state index contributed by atoms with van der Waals surface area (Å²) >= 11 is 0. The number of Topliss-reactive ketones (excluding diaryl/α,β-unsaturated/α-hetero) is 1. The molecule has 3 aromatic carbocycles. The van der Waals surface area contributed by atoms with Crippen LogP contribution in [0.4, 0.5) is 13.2 Å². The molecule has 0 radical (unpaired) electrons. The van der Waals surface area contributed by atoms with E-state index in [1.807, 2.05) is 24.3 Å². The number of fused-ring (bicyclic) bond motifs is 1. The lowest BCUT2D eigenvalue weighted by Gasteiger charge is -2.12. The van der Waals surface area contributed by atoms with E-state index < -0.39 is 11.7 Å². The van der Waals surface area contributed by atoms with Gasteiger partial charge in [0.25, 0.3) is 0 Å². The van der Waals surface area contributed by atoms with E-state index in [0.29, 0.717) is 16.7 Å². The van der Waals surface area contributed by atoms with Crippen molar-refractivity contribution < 1.29 is 18.0 Å². The van der Waals surface area contributed by atoms with Crippen molar-refractivity contribution in [2.45, 2.75) is 13.1 Å². The maximum Gasteiger partial charge on any atom is 0.416 e.